The van der Waals surface area contributed by atoms with Gasteiger partial charge in [0, 0.05) is 5.56 Å². The van der Waals surface area contributed by atoms with Crippen molar-refractivity contribution < 1.29 is 18.0 Å². The second-order valence-corrected chi connectivity index (χ2v) is 4.01. The molecule has 82 valence electrons. The van der Waals surface area contributed by atoms with Crippen LogP contribution in [0.2, 0.25) is 0 Å². The third kappa shape index (κ3) is 3.95. The van der Waals surface area contributed by atoms with Gasteiger partial charge in [0.1, 0.15) is 0 Å². The molecular formula is C10H9F3OS. The molecule has 0 unspecified atom stereocenters. The summed E-state index contributed by atoms with van der Waals surface area (Å²) < 4.78 is 35.5. The molecule has 1 nitrogen and oxygen atoms in total. The standard InChI is InChI=1S/C10H9F3OS/c1-7-4-2-3-5-8(7)9(14)6-15-10(11,12)13/h2-5H,6H2,1H3. The van der Waals surface area contributed by atoms with Crippen molar-refractivity contribution in [3.63, 3.8) is 0 Å². The summed E-state index contributed by atoms with van der Waals surface area (Å²) in [6.07, 6.45) is 0. The number of benzene rings is 1. The fourth-order valence-electron chi connectivity index (χ4n) is 1.11. The largest absolute Gasteiger partial charge is 0.442 e. The number of rotatable bonds is 3. The van der Waals surface area contributed by atoms with Gasteiger partial charge in [0.15, 0.2) is 5.78 Å². The molecule has 15 heavy (non-hydrogen) atoms. The lowest BCUT2D eigenvalue weighted by molar-refractivity contribution is -0.0327. The second-order valence-electron chi connectivity index (χ2n) is 2.97. The van der Waals surface area contributed by atoms with Crippen LogP contribution in [-0.4, -0.2) is 17.0 Å². The van der Waals surface area contributed by atoms with E-state index < -0.39 is 17.0 Å². The highest BCUT2D eigenvalue weighted by molar-refractivity contribution is 8.00. The monoisotopic (exact) mass is 234 g/mol. The highest BCUT2D eigenvalue weighted by Gasteiger charge is 2.29. The van der Waals surface area contributed by atoms with Crippen LogP contribution in [0.3, 0.4) is 0 Å². The smallest absolute Gasteiger partial charge is 0.293 e. The topological polar surface area (TPSA) is 17.1 Å². The molecule has 1 aromatic carbocycles. The lowest BCUT2D eigenvalue weighted by Crippen LogP contribution is -2.10. The summed E-state index contributed by atoms with van der Waals surface area (Å²) >= 11 is -0.304. The van der Waals surface area contributed by atoms with Gasteiger partial charge in [-0.2, -0.15) is 13.2 Å². The Morgan fingerprint density at radius 2 is 1.93 bits per heavy atom. The van der Waals surface area contributed by atoms with Gasteiger partial charge in [-0.1, -0.05) is 24.3 Å². The molecule has 0 amide bonds. The molecule has 0 heterocycles. The van der Waals surface area contributed by atoms with Crippen LogP contribution in [0, 0.1) is 6.92 Å². The number of Topliss-reactive ketones (excluding diaryl/α,β-unsaturated/α-hetero) is 1. The number of carbonyl (C=O) groups excluding carboxylic acids is 1. The quantitative estimate of drug-likeness (QED) is 0.745. The Balaban J connectivity index is 2.66. The summed E-state index contributed by atoms with van der Waals surface area (Å²) in [6.45, 7) is 1.70. The number of aryl methyl sites for hydroxylation is 1. The van der Waals surface area contributed by atoms with Crippen molar-refractivity contribution in [2.75, 3.05) is 5.75 Å². The summed E-state index contributed by atoms with van der Waals surface area (Å²) in [4.78, 5) is 11.4. The lowest BCUT2D eigenvalue weighted by Gasteiger charge is -2.06. The first-order valence-electron chi connectivity index (χ1n) is 4.19. The number of halogens is 3. The van der Waals surface area contributed by atoms with Crippen LogP contribution < -0.4 is 0 Å². The average molecular weight is 234 g/mol. The van der Waals surface area contributed by atoms with E-state index in [2.05, 4.69) is 0 Å². The molecule has 0 atom stereocenters. The number of hydrogen-bond acceptors (Lipinski definition) is 2. The van der Waals surface area contributed by atoms with Crippen molar-refractivity contribution >= 4 is 17.5 Å². The highest BCUT2D eigenvalue weighted by Crippen LogP contribution is 2.30. The first kappa shape index (κ1) is 12.1. The van der Waals surface area contributed by atoms with Gasteiger partial charge in [-0.15, -0.1) is 0 Å². The van der Waals surface area contributed by atoms with E-state index >= 15 is 0 Å². The summed E-state index contributed by atoms with van der Waals surface area (Å²) in [6, 6.07) is 6.61. The van der Waals surface area contributed by atoms with Gasteiger partial charge in [0.05, 0.1) is 5.75 Å². The van der Waals surface area contributed by atoms with Crippen molar-refractivity contribution in [1.29, 1.82) is 0 Å². The van der Waals surface area contributed by atoms with E-state index in [0.717, 1.165) is 0 Å². The van der Waals surface area contributed by atoms with Crippen LogP contribution in [-0.2, 0) is 0 Å². The SMILES string of the molecule is Cc1ccccc1C(=O)CSC(F)(F)F. The lowest BCUT2D eigenvalue weighted by atomic mass is 10.1. The Hall–Kier alpha value is -0.970. The van der Waals surface area contributed by atoms with Crippen molar-refractivity contribution in [1.82, 2.24) is 0 Å². The van der Waals surface area contributed by atoms with E-state index in [9.17, 15) is 18.0 Å². The molecule has 0 radical (unpaired) electrons. The van der Waals surface area contributed by atoms with Crippen LogP contribution in [0.25, 0.3) is 0 Å². The molecular weight excluding hydrogens is 225 g/mol. The minimum atomic E-state index is -4.35. The minimum Gasteiger partial charge on any atom is -0.293 e. The van der Waals surface area contributed by atoms with Crippen LogP contribution in [0.1, 0.15) is 15.9 Å². The van der Waals surface area contributed by atoms with E-state index in [1.165, 1.54) is 6.07 Å². The van der Waals surface area contributed by atoms with Crippen LogP contribution in [0.15, 0.2) is 24.3 Å². The first-order chi connectivity index (χ1) is 6.90. The molecule has 0 aliphatic heterocycles. The molecule has 0 bridgehead atoms. The molecule has 0 spiro atoms. The summed E-state index contributed by atoms with van der Waals surface area (Å²) in [5, 5.41) is 0. The Labute approximate surface area is 89.7 Å². The van der Waals surface area contributed by atoms with Crippen LogP contribution in [0.5, 0.6) is 0 Å². The van der Waals surface area contributed by atoms with Crippen molar-refractivity contribution in [2.24, 2.45) is 0 Å². The zero-order valence-electron chi connectivity index (χ0n) is 7.97. The Kier molecular flexibility index (Phi) is 3.79. The Morgan fingerprint density at radius 1 is 1.33 bits per heavy atom. The minimum absolute atomic E-state index is 0.304. The number of alkyl halides is 3. The molecule has 1 rings (SSSR count). The second kappa shape index (κ2) is 4.70. The average Bonchev–Trinajstić information content (AvgIpc) is 2.14. The summed E-state index contributed by atoms with van der Waals surface area (Å²) in [7, 11) is 0. The third-order valence-electron chi connectivity index (χ3n) is 1.81. The number of ketones is 1. The normalized spacial score (nSPS) is 11.5. The maximum atomic E-state index is 11.8. The molecule has 5 heteroatoms. The highest BCUT2D eigenvalue weighted by atomic mass is 32.2. The van der Waals surface area contributed by atoms with E-state index in [4.69, 9.17) is 0 Å². The van der Waals surface area contributed by atoms with Crippen LogP contribution >= 0.6 is 11.8 Å². The number of thioether (sulfide) groups is 1. The number of hydrogen-bond donors (Lipinski definition) is 0. The van der Waals surface area contributed by atoms with Gasteiger partial charge in [-0.3, -0.25) is 4.79 Å². The Morgan fingerprint density at radius 3 is 2.47 bits per heavy atom. The zero-order valence-corrected chi connectivity index (χ0v) is 8.78. The molecule has 0 N–H and O–H groups in total. The van der Waals surface area contributed by atoms with E-state index in [-0.39, 0.29) is 11.8 Å². The van der Waals surface area contributed by atoms with Gasteiger partial charge in [-0.25, -0.2) is 0 Å². The summed E-state index contributed by atoms with van der Waals surface area (Å²) in [5.41, 5.74) is -3.29. The van der Waals surface area contributed by atoms with Gasteiger partial charge >= 0.3 is 5.51 Å². The fraction of sp³-hybridized carbons (Fsp3) is 0.300. The van der Waals surface area contributed by atoms with Gasteiger partial charge in [0.25, 0.3) is 0 Å². The molecule has 0 saturated heterocycles. The molecule has 0 aliphatic carbocycles. The number of carbonyl (C=O) groups is 1. The molecule has 0 aliphatic rings. The van der Waals surface area contributed by atoms with Crippen molar-refractivity contribution in [2.45, 2.75) is 12.4 Å². The molecule has 0 aromatic heterocycles. The first-order valence-corrected chi connectivity index (χ1v) is 5.18. The van der Waals surface area contributed by atoms with E-state index in [1.807, 2.05) is 0 Å². The predicted molar refractivity (Wildman–Crippen MR) is 54.0 cm³/mol. The fourth-order valence-corrected chi connectivity index (χ4v) is 1.56. The maximum absolute atomic E-state index is 11.8. The van der Waals surface area contributed by atoms with E-state index in [1.54, 1.807) is 25.1 Å². The summed E-state index contributed by atoms with van der Waals surface area (Å²) in [5.74, 6) is -1.05. The predicted octanol–water partition coefficient (Wildman–Crippen LogP) is 3.43. The third-order valence-corrected chi connectivity index (χ3v) is 2.55. The van der Waals surface area contributed by atoms with Gasteiger partial charge < -0.3 is 0 Å². The molecule has 1 aromatic rings. The van der Waals surface area contributed by atoms with Crippen LogP contribution in [0.4, 0.5) is 13.2 Å². The zero-order chi connectivity index (χ0) is 11.5. The van der Waals surface area contributed by atoms with Crippen molar-refractivity contribution in [3.8, 4) is 0 Å². The Bertz CT molecular complexity index is 360. The van der Waals surface area contributed by atoms with Gasteiger partial charge in [0.2, 0.25) is 0 Å². The van der Waals surface area contributed by atoms with E-state index in [0.29, 0.717) is 11.1 Å². The van der Waals surface area contributed by atoms with Gasteiger partial charge in [-0.05, 0) is 24.2 Å². The maximum Gasteiger partial charge on any atom is 0.442 e. The van der Waals surface area contributed by atoms with Crippen molar-refractivity contribution in [3.05, 3.63) is 35.4 Å². The molecule has 0 saturated carbocycles. The molecule has 0 fully saturated rings.